The largest absolute Gasteiger partial charge is 0.385 e. The highest BCUT2D eigenvalue weighted by atomic mass is 16.5. The van der Waals surface area contributed by atoms with Crippen LogP contribution in [0.4, 0.5) is 5.69 Å². The minimum Gasteiger partial charge on any atom is -0.385 e. The fourth-order valence-corrected chi connectivity index (χ4v) is 1.42. The molecule has 0 aliphatic carbocycles. The van der Waals surface area contributed by atoms with Gasteiger partial charge in [-0.1, -0.05) is 12.1 Å². The zero-order valence-electron chi connectivity index (χ0n) is 10.4. The zero-order chi connectivity index (χ0) is 13.2. The van der Waals surface area contributed by atoms with Gasteiger partial charge < -0.3 is 15.4 Å². The van der Waals surface area contributed by atoms with E-state index in [2.05, 4.69) is 16.7 Å². The Balaban J connectivity index is 2.32. The molecule has 5 nitrogen and oxygen atoms in total. The molecule has 0 aromatic heterocycles. The summed E-state index contributed by atoms with van der Waals surface area (Å²) in [5.41, 5.74) is 1.21. The van der Waals surface area contributed by atoms with Gasteiger partial charge in [0.2, 0.25) is 5.91 Å². The van der Waals surface area contributed by atoms with Crippen LogP contribution >= 0.6 is 0 Å². The Morgan fingerprint density at radius 2 is 2.22 bits per heavy atom. The number of carbonyl (C=O) groups excluding carboxylic acids is 1. The second kappa shape index (κ2) is 8.09. The van der Waals surface area contributed by atoms with Crippen molar-refractivity contribution >= 4 is 11.6 Å². The van der Waals surface area contributed by atoms with E-state index in [0.717, 1.165) is 6.42 Å². The minimum absolute atomic E-state index is 0.0983. The van der Waals surface area contributed by atoms with Crippen LogP contribution in [-0.2, 0) is 9.53 Å². The number of nitrogens with zero attached hydrogens (tertiary/aromatic N) is 1. The van der Waals surface area contributed by atoms with Crippen LogP contribution in [0.2, 0.25) is 0 Å². The maximum absolute atomic E-state index is 11.5. The first-order valence-electron chi connectivity index (χ1n) is 5.76. The first-order valence-corrected chi connectivity index (χ1v) is 5.76. The molecule has 2 N–H and O–H groups in total. The van der Waals surface area contributed by atoms with Gasteiger partial charge in [0.05, 0.1) is 17.8 Å². The average Bonchev–Trinajstić information content (AvgIpc) is 2.41. The van der Waals surface area contributed by atoms with Crippen LogP contribution in [0.25, 0.3) is 0 Å². The summed E-state index contributed by atoms with van der Waals surface area (Å²) in [7, 11) is 1.63. The highest BCUT2D eigenvalue weighted by Gasteiger charge is 2.03. The van der Waals surface area contributed by atoms with E-state index in [0.29, 0.717) is 24.4 Å². The average molecular weight is 247 g/mol. The molecule has 0 bridgehead atoms. The molecule has 0 atom stereocenters. The predicted octanol–water partition coefficient (Wildman–Crippen LogP) is 1.12. The van der Waals surface area contributed by atoms with E-state index in [9.17, 15) is 4.79 Å². The molecule has 0 radical (unpaired) electrons. The summed E-state index contributed by atoms with van der Waals surface area (Å²) in [6, 6.07) is 9.16. The minimum atomic E-state index is -0.0983. The van der Waals surface area contributed by atoms with Crippen LogP contribution in [0.1, 0.15) is 12.0 Å². The molecule has 0 heterocycles. The van der Waals surface area contributed by atoms with Gasteiger partial charge in [0.15, 0.2) is 0 Å². The number of amides is 1. The number of methoxy groups -OCH3 is 1. The molecule has 1 aromatic rings. The maximum atomic E-state index is 11.5. The molecule has 0 fully saturated rings. The molecule has 0 spiro atoms. The zero-order valence-corrected chi connectivity index (χ0v) is 10.4. The fourth-order valence-electron chi connectivity index (χ4n) is 1.42. The lowest BCUT2D eigenvalue weighted by atomic mass is 10.2. The molecule has 1 rings (SSSR count). The van der Waals surface area contributed by atoms with Crippen LogP contribution in [0.5, 0.6) is 0 Å². The molecule has 0 unspecified atom stereocenters. The summed E-state index contributed by atoms with van der Waals surface area (Å²) in [5, 5.41) is 14.6. The summed E-state index contributed by atoms with van der Waals surface area (Å²) in [6.45, 7) is 1.38. The van der Waals surface area contributed by atoms with Gasteiger partial charge in [-0.25, -0.2) is 0 Å². The van der Waals surface area contributed by atoms with Crippen LogP contribution < -0.4 is 10.6 Å². The Labute approximate surface area is 107 Å². The van der Waals surface area contributed by atoms with Crippen molar-refractivity contribution in [3.63, 3.8) is 0 Å². The Hall–Kier alpha value is -2.06. The van der Waals surface area contributed by atoms with Crippen LogP contribution in [0.15, 0.2) is 24.3 Å². The topological polar surface area (TPSA) is 74.2 Å². The van der Waals surface area contributed by atoms with Crippen molar-refractivity contribution in [1.82, 2.24) is 5.32 Å². The van der Waals surface area contributed by atoms with Crippen molar-refractivity contribution in [3.05, 3.63) is 29.8 Å². The van der Waals surface area contributed by atoms with Gasteiger partial charge in [0.25, 0.3) is 0 Å². The summed E-state index contributed by atoms with van der Waals surface area (Å²) in [5.74, 6) is -0.0983. The Kier molecular flexibility index (Phi) is 6.30. The van der Waals surface area contributed by atoms with E-state index in [1.54, 1.807) is 25.3 Å². The smallest absolute Gasteiger partial charge is 0.239 e. The summed E-state index contributed by atoms with van der Waals surface area (Å²) < 4.78 is 4.88. The molecule has 96 valence electrons. The highest BCUT2D eigenvalue weighted by Crippen LogP contribution is 2.12. The van der Waals surface area contributed by atoms with Gasteiger partial charge >= 0.3 is 0 Å². The van der Waals surface area contributed by atoms with Crippen molar-refractivity contribution in [2.24, 2.45) is 0 Å². The van der Waals surface area contributed by atoms with Crippen LogP contribution in [0, 0.1) is 11.3 Å². The number of nitrogens with one attached hydrogen (secondary N) is 2. The van der Waals surface area contributed by atoms with E-state index < -0.39 is 0 Å². The standard InChI is InChI=1S/C13H17N3O2/c1-18-8-4-7-15-13(17)10-16-12-6-3-2-5-11(12)9-14/h2-3,5-6,16H,4,7-8,10H2,1H3,(H,15,17). The quantitative estimate of drug-likeness (QED) is 0.708. The molecule has 1 aromatic carbocycles. The summed E-state index contributed by atoms with van der Waals surface area (Å²) in [6.07, 6.45) is 0.789. The Bertz CT molecular complexity index is 426. The van der Waals surface area contributed by atoms with Gasteiger partial charge in [0.1, 0.15) is 6.07 Å². The highest BCUT2D eigenvalue weighted by molar-refractivity contribution is 5.81. The molecule has 5 heteroatoms. The van der Waals surface area contributed by atoms with Gasteiger partial charge in [-0.3, -0.25) is 4.79 Å². The van der Waals surface area contributed by atoms with Crippen molar-refractivity contribution in [2.75, 3.05) is 32.1 Å². The van der Waals surface area contributed by atoms with Crippen molar-refractivity contribution in [2.45, 2.75) is 6.42 Å². The van der Waals surface area contributed by atoms with Crippen molar-refractivity contribution < 1.29 is 9.53 Å². The van der Waals surface area contributed by atoms with E-state index >= 15 is 0 Å². The Morgan fingerprint density at radius 1 is 1.44 bits per heavy atom. The lowest BCUT2D eigenvalue weighted by Crippen LogP contribution is -2.31. The number of nitriles is 1. The molecule has 0 saturated heterocycles. The lowest BCUT2D eigenvalue weighted by molar-refractivity contribution is -0.119. The second-order valence-electron chi connectivity index (χ2n) is 3.71. The first-order chi connectivity index (χ1) is 8.77. The molecular weight excluding hydrogens is 230 g/mol. The van der Waals surface area contributed by atoms with E-state index in [4.69, 9.17) is 10.00 Å². The third-order valence-corrected chi connectivity index (χ3v) is 2.33. The second-order valence-corrected chi connectivity index (χ2v) is 3.71. The number of hydrogen-bond donors (Lipinski definition) is 2. The number of carbonyl (C=O) groups is 1. The molecule has 1 amide bonds. The van der Waals surface area contributed by atoms with E-state index in [1.807, 2.05) is 6.07 Å². The maximum Gasteiger partial charge on any atom is 0.239 e. The third kappa shape index (κ3) is 4.85. The van der Waals surface area contributed by atoms with Crippen LogP contribution in [-0.4, -0.2) is 32.7 Å². The number of rotatable bonds is 7. The van der Waals surface area contributed by atoms with Gasteiger partial charge in [-0.05, 0) is 18.6 Å². The van der Waals surface area contributed by atoms with Gasteiger partial charge in [-0.15, -0.1) is 0 Å². The predicted molar refractivity (Wildman–Crippen MR) is 69.1 cm³/mol. The molecule has 0 aliphatic heterocycles. The van der Waals surface area contributed by atoms with Crippen molar-refractivity contribution in [3.8, 4) is 6.07 Å². The number of ether oxygens (including phenoxy) is 1. The van der Waals surface area contributed by atoms with E-state index in [-0.39, 0.29) is 12.5 Å². The fraction of sp³-hybridized carbons (Fsp3) is 0.385. The normalized spacial score (nSPS) is 9.56. The van der Waals surface area contributed by atoms with Gasteiger partial charge in [-0.2, -0.15) is 5.26 Å². The van der Waals surface area contributed by atoms with Crippen LogP contribution in [0.3, 0.4) is 0 Å². The van der Waals surface area contributed by atoms with Crippen molar-refractivity contribution in [1.29, 1.82) is 5.26 Å². The number of hydrogen-bond acceptors (Lipinski definition) is 4. The molecular formula is C13H17N3O2. The monoisotopic (exact) mass is 247 g/mol. The summed E-state index contributed by atoms with van der Waals surface area (Å²) in [4.78, 5) is 11.5. The Morgan fingerprint density at radius 3 is 2.94 bits per heavy atom. The van der Waals surface area contributed by atoms with E-state index in [1.165, 1.54) is 0 Å². The summed E-state index contributed by atoms with van der Waals surface area (Å²) >= 11 is 0. The SMILES string of the molecule is COCCCNC(=O)CNc1ccccc1C#N. The molecule has 0 aliphatic rings. The molecule has 18 heavy (non-hydrogen) atoms. The molecule has 0 saturated carbocycles. The number of anilines is 1. The number of para-hydroxylation sites is 1. The van der Waals surface area contributed by atoms with Gasteiger partial charge in [0, 0.05) is 20.3 Å². The lowest BCUT2D eigenvalue weighted by Gasteiger charge is -2.08. The third-order valence-electron chi connectivity index (χ3n) is 2.33. The first kappa shape index (κ1) is 14.0. The number of benzene rings is 1.